The van der Waals surface area contributed by atoms with Gasteiger partial charge in [-0.15, -0.1) is 22.9 Å². The number of halogens is 1. The molecule has 0 amide bonds. The van der Waals surface area contributed by atoms with Crippen LogP contribution in [-0.2, 0) is 16.1 Å². The molecule has 0 saturated carbocycles. The number of ether oxygens (including phenoxy) is 2. The van der Waals surface area contributed by atoms with Gasteiger partial charge in [0.05, 0.1) is 31.7 Å². The van der Waals surface area contributed by atoms with Gasteiger partial charge in [-0.25, -0.2) is 4.79 Å². The number of hydrogen-bond acceptors (Lipinski definition) is 6. The third-order valence-corrected chi connectivity index (χ3v) is 7.12. The van der Waals surface area contributed by atoms with Crippen LogP contribution in [0.4, 0.5) is 5.69 Å². The topological polar surface area (TPSA) is 55.8 Å². The zero-order valence-electron chi connectivity index (χ0n) is 18.1. The molecule has 5 nitrogen and oxygen atoms in total. The number of thiophene rings is 1. The van der Waals surface area contributed by atoms with Crippen LogP contribution in [0.5, 0.6) is 0 Å². The van der Waals surface area contributed by atoms with E-state index in [9.17, 15) is 9.59 Å². The van der Waals surface area contributed by atoms with E-state index in [0.717, 1.165) is 48.4 Å². The largest absolute Gasteiger partial charge is 0.465 e. The highest BCUT2D eigenvalue weighted by molar-refractivity contribution is 7.13. The molecule has 3 rings (SSSR count). The Morgan fingerprint density at radius 1 is 1.16 bits per heavy atom. The van der Waals surface area contributed by atoms with Crippen molar-refractivity contribution in [1.29, 1.82) is 0 Å². The molecule has 1 unspecified atom stereocenters. The minimum absolute atomic E-state index is 0.00400. The van der Waals surface area contributed by atoms with Crippen molar-refractivity contribution >= 4 is 40.4 Å². The normalized spacial score (nSPS) is 18.4. The second-order valence-corrected chi connectivity index (χ2v) is 9.49. The number of benzene rings is 1. The smallest absolute Gasteiger partial charge is 0.348 e. The van der Waals surface area contributed by atoms with Gasteiger partial charge >= 0.3 is 5.97 Å². The van der Waals surface area contributed by atoms with Gasteiger partial charge in [-0.3, -0.25) is 4.79 Å². The molecule has 0 aliphatic carbocycles. The molecular formula is C24H30ClNO4S. The van der Waals surface area contributed by atoms with Gasteiger partial charge in [-0.05, 0) is 49.2 Å². The van der Waals surface area contributed by atoms with Gasteiger partial charge in [0.2, 0.25) is 0 Å². The monoisotopic (exact) mass is 463 g/mol. The minimum atomic E-state index is -0.327. The van der Waals surface area contributed by atoms with Crippen molar-refractivity contribution in [2.75, 3.05) is 25.2 Å². The highest BCUT2D eigenvalue weighted by atomic mass is 35.5. The van der Waals surface area contributed by atoms with Crippen molar-refractivity contribution in [3.63, 3.8) is 0 Å². The number of alkyl halides is 1. The maximum Gasteiger partial charge on any atom is 0.348 e. The van der Waals surface area contributed by atoms with Crippen molar-refractivity contribution in [3.8, 4) is 0 Å². The molecule has 2 aromatic rings. The fourth-order valence-corrected chi connectivity index (χ4v) is 4.97. The Morgan fingerprint density at radius 2 is 1.94 bits per heavy atom. The molecule has 0 bridgehead atoms. The van der Waals surface area contributed by atoms with E-state index in [0.29, 0.717) is 24.5 Å². The summed E-state index contributed by atoms with van der Waals surface area (Å²) in [5, 5.41) is 0.00400. The molecule has 0 spiro atoms. The standard InChI is InChI=1S/C24H30ClNO4S/c1-3-4-5-6-22(27)17-7-9-18(10-8-17)26-14-13-20(25)21(26)16-30-15-19-11-12-23(31-19)24(28)29-2/h7-12,20-21H,3-6,13-16H2,1-2H3/t20?,21-/m0/s1. The van der Waals surface area contributed by atoms with Crippen LogP contribution >= 0.6 is 22.9 Å². The Balaban J connectivity index is 1.55. The first kappa shape index (κ1) is 23.8. The Labute approximate surface area is 193 Å². The lowest BCUT2D eigenvalue weighted by Gasteiger charge is -2.28. The SMILES string of the molecule is CCCCCC(=O)c1ccc(N2CCC(Cl)[C@@H]2COCc2ccc(C(=O)OC)s2)cc1. The Morgan fingerprint density at radius 3 is 2.65 bits per heavy atom. The molecule has 0 radical (unpaired) electrons. The number of nitrogens with zero attached hydrogens (tertiary/aromatic N) is 1. The predicted molar refractivity (Wildman–Crippen MR) is 126 cm³/mol. The second-order valence-electron chi connectivity index (χ2n) is 7.77. The van der Waals surface area contributed by atoms with Gasteiger partial charge < -0.3 is 14.4 Å². The van der Waals surface area contributed by atoms with E-state index in [1.54, 1.807) is 6.07 Å². The predicted octanol–water partition coefficient (Wildman–Crippen LogP) is 5.70. The number of carbonyl (C=O) groups is 2. The zero-order chi connectivity index (χ0) is 22.2. The average molecular weight is 464 g/mol. The van der Waals surface area contributed by atoms with Gasteiger partial charge in [-0.2, -0.15) is 0 Å². The van der Waals surface area contributed by atoms with Gasteiger partial charge in [0.1, 0.15) is 4.88 Å². The van der Waals surface area contributed by atoms with Crippen molar-refractivity contribution in [1.82, 2.24) is 0 Å². The first-order chi connectivity index (χ1) is 15.0. The van der Waals surface area contributed by atoms with Crippen LogP contribution in [0.25, 0.3) is 0 Å². The van der Waals surface area contributed by atoms with Crippen molar-refractivity contribution < 1.29 is 19.1 Å². The summed E-state index contributed by atoms with van der Waals surface area (Å²) < 4.78 is 10.7. The van der Waals surface area contributed by atoms with Crippen molar-refractivity contribution in [3.05, 3.63) is 51.7 Å². The molecular weight excluding hydrogens is 434 g/mol. The van der Waals surface area contributed by atoms with Gasteiger partial charge in [-0.1, -0.05) is 19.8 Å². The van der Waals surface area contributed by atoms with Crippen LogP contribution in [0.15, 0.2) is 36.4 Å². The highest BCUT2D eigenvalue weighted by Gasteiger charge is 2.33. The minimum Gasteiger partial charge on any atom is -0.465 e. The number of unbranched alkanes of at least 4 members (excludes halogenated alkanes) is 2. The molecule has 1 aromatic carbocycles. The van der Waals surface area contributed by atoms with E-state index >= 15 is 0 Å². The fraction of sp³-hybridized carbons (Fsp3) is 0.500. The molecule has 168 valence electrons. The third kappa shape index (κ3) is 6.31. The summed E-state index contributed by atoms with van der Waals surface area (Å²) in [7, 11) is 1.38. The van der Waals surface area contributed by atoms with Crippen LogP contribution in [-0.4, -0.2) is 43.4 Å². The van der Waals surface area contributed by atoms with Crippen LogP contribution in [0.2, 0.25) is 0 Å². The van der Waals surface area contributed by atoms with Crippen LogP contribution in [0, 0.1) is 0 Å². The number of ketones is 1. The zero-order valence-corrected chi connectivity index (χ0v) is 19.7. The lowest BCUT2D eigenvalue weighted by Crippen LogP contribution is -2.37. The summed E-state index contributed by atoms with van der Waals surface area (Å²) in [4.78, 5) is 27.7. The third-order valence-electron chi connectivity index (χ3n) is 5.57. The van der Waals surface area contributed by atoms with E-state index in [4.69, 9.17) is 21.1 Å². The number of carbonyl (C=O) groups excluding carboxylic acids is 2. The first-order valence-corrected chi connectivity index (χ1v) is 12.1. The van der Waals surface area contributed by atoms with E-state index in [2.05, 4.69) is 11.8 Å². The number of rotatable bonds is 11. The van der Waals surface area contributed by atoms with Crippen LogP contribution in [0.1, 0.15) is 63.9 Å². The van der Waals surface area contributed by atoms with Crippen LogP contribution in [0.3, 0.4) is 0 Å². The molecule has 1 fully saturated rings. The molecule has 1 aromatic heterocycles. The summed E-state index contributed by atoms with van der Waals surface area (Å²) in [5.74, 6) is -0.120. The first-order valence-electron chi connectivity index (χ1n) is 10.8. The second kappa shape index (κ2) is 11.7. The molecule has 31 heavy (non-hydrogen) atoms. The van der Waals surface area contributed by atoms with E-state index < -0.39 is 0 Å². The molecule has 2 atom stereocenters. The Bertz CT molecular complexity index is 867. The van der Waals surface area contributed by atoms with E-state index in [-0.39, 0.29) is 23.2 Å². The maximum atomic E-state index is 12.3. The van der Waals surface area contributed by atoms with Gasteiger partial charge in [0.15, 0.2) is 5.78 Å². The highest BCUT2D eigenvalue weighted by Crippen LogP contribution is 2.30. The lowest BCUT2D eigenvalue weighted by atomic mass is 10.0. The number of hydrogen-bond donors (Lipinski definition) is 0. The summed E-state index contributed by atoms with van der Waals surface area (Å²) in [6.07, 6.45) is 4.65. The van der Waals surface area contributed by atoms with Crippen molar-refractivity contribution in [2.45, 2.75) is 57.1 Å². The Kier molecular flexibility index (Phi) is 8.93. The van der Waals surface area contributed by atoms with E-state index in [1.807, 2.05) is 30.3 Å². The molecule has 1 saturated heterocycles. The summed E-state index contributed by atoms with van der Waals surface area (Å²) in [6, 6.07) is 11.6. The fourth-order valence-electron chi connectivity index (χ4n) is 3.80. The summed E-state index contributed by atoms with van der Waals surface area (Å²) in [6.45, 7) is 3.93. The number of anilines is 1. The number of esters is 1. The molecule has 7 heteroatoms. The quantitative estimate of drug-likeness (QED) is 0.185. The van der Waals surface area contributed by atoms with Gasteiger partial charge in [0, 0.05) is 29.1 Å². The van der Waals surface area contributed by atoms with E-state index in [1.165, 1.54) is 18.4 Å². The molecule has 1 aliphatic rings. The Hall–Kier alpha value is -1.89. The molecule has 0 N–H and O–H groups in total. The molecule has 1 aliphatic heterocycles. The molecule has 2 heterocycles. The van der Waals surface area contributed by atoms with Gasteiger partial charge in [0.25, 0.3) is 0 Å². The maximum absolute atomic E-state index is 12.3. The van der Waals surface area contributed by atoms with Crippen molar-refractivity contribution in [2.24, 2.45) is 0 Å². The average Bonchev–Trinajstić information content (AvgIpc) is 3.40. The van der Waals surface area contributed by atoms with Crippen LogP contribution < -0.4 is 4.90 Å². The number of methoxy groups -OCH3 is 1. The summed E-state index contributed by atoms with van der Waals surface area (Å²) in [5.41, 5.74) is 1.83. The summed E-state index contributed by atoms with van der Waals surface area (Å²) >= 11 is 7.97. The number of Topliss-reactive ketones (excluding diaryl/α,β-unsaturated/α-hetero) is 1. The lowest BCUT2D eigenvalue weighted by molar-refractivity contribution is 0.0606.